The molecule has 2 aromatic carbocycles. The standard InChI is InChI=1S/C24H25N3OS/c1-15-10-12-19(13-11-15)21-17(3)29-24-22(21)23(28)25-20(26-24)14-27(4)16(2)18-8-6-5-7-9-18/h5-13,16H,14H2,1-4H3,(H,25,26,28)/t16-/m0/s1. The Labute approximate surface area is 174 Å². The number of nitrogens with zero attached hydrogens (tertiary/aromatic N) is 2. The molecule has 4 aromatic rings. The molecular formula is C24H25N3OS. The van der Waals surface area contributed by atoms with Crippen molar-refractivity contribution in [3.05, 3.63) is 86.8 Å². The third-order valence-corrected chi connectivity index (χ3v) is 6.47. The number of hydrogen-bond donors (Lipinski definition) is 1. The van der Waals surface area contributed by atoms with E-state index in [0.717, 1.165) is 20.8 Å². The maximum absolute atomic E-state index is 13.0. The van der Waals surface area contributed by atoms with E-state index in [1.54, 1.807) is 11.3 Å². The molecule has 1 N–H and O–H groups in total. The molecule has 29 heavy (non-hydrogen) atoms. The molecule has 0 amide bonds. The number of nitrogens with one attached hydrogen (secondary N) is 1. The van der Waals surface area contributed by atoms with Crippen LogP contribution in [0.2, 0.25) is 0 Å². The van der Waals surface area contributed by atoms with Crippen LogP contribution in [0, 0.1) is 13.8 Å². The van der Waals surface area contributed by atoms with Crippen LogP contribution in [0.3, 0.4) is 0 Å². The predicted octanol–water partition coefficient (Wildman–Crippen LogP) is 5.46. The minimum atomic E-state index is -0.0642. The van der Waals surface area contributed by atoms with Gasteiger partial charge in [0.1, 0.15) is 10.7 Å². The van der Waals surface area contributed by atoms with Gasteiger partial charge in [-0.15, -0.1) is 11.3 Å². The molecule has 0 fully saturated rings. The average Bonchev–Trinajstić information content (AvgIpc) is 3.05. The topological polar surface area (TPSA) is 49.0 Å². The molecule has 0 aliphatic rings. The Morgan fingerprint density at radius 2 is 1.76 bits per heavy atom. The monoisotopic (exact) mass is 403 g/mol. The van der Waals surface area contributed by atoms with Gasteiger partial charge in [-0.05, 0) is 38.9 Å². The van der Waals surface area contributed by atoms with Gasteiger partial charge in [-0.25, -0.2) is 4.98 Å². The van der Waals surface area contributed by atoms with E-state index in [9.17, 15) is 4.79 Å². The summed E-state index contributed by atoms with van der Waals surface area (Å²) in [7, 11) is 2.05. The van der Waals surface area contributed by atoms with Gasteiger partial charge in [-0.3, -0.25) is 9.69 Å². The number of thiophene rings is 1. The number of aryl methyl sites for hydroxylation is 2. The molecule has 1 atom stereocenters. The summed E-state index contributed by atoms with van der Waals surface area (Å²) in [5.74, 6) is 0.699. The summed E-state index contributed by atoms with van der Waals surface area (Å²) in [5, 5.41) is 0.693. The Bertz CT molecular complexity index is 1190. The summed E-state index contributed by atoms with van der Waals surface area (Å²) in [6.07, 6.45) is 0. The third kappa shape index (κ3) is 3.88. The summed E-state index contributed by atoms with van der Waals surface area (Å²) >= 11 is 1.59. The Morgan fingerprint density at radius 3 is 2.45 bits per heavy atom. The van der Waals surface area contributed by atoms with Gasteiger partial charge in [-0.2, -0.15) is 0 Å². The minimum Gasteiger partial charge on any atom is -0.309 e. The van der Waals surface area contributed by atoms with Gasteiger partial charge in [0.2, 0.25) is 0 Å². The van der Waals surface area contributed by atoms with E-state index in [2.05, 4.69) is 74.1 Å². The zero-order chi connectivity index (χ0) is 20.5. The molecule has 4 nitrogen and oxygen atoms in total. The van der Waals surface area contributed by atoms with Gasteiger partial charge < -0.3 is 4.98 Å². The summed E-state index contributed by atoms with van der Waals surface area (Å²) in [6.45, 7) is 6.87. The van der Waals surface area contributed by atoms with E-state index in [0.29, 0.717) is 17.8 Å². The van der Waals surface area contributed by atoms with Crippen molar-refractivity contribution >= 4 is 21.6 Å². The molecule has 0 saturated carbocycles. The van der Waals surface area contributed by atoms with Gasteiger partial charge in [-0.1, -0.05) is 60.2 Å². The molecule has 0 saturated heterocycles. The zero-order valence-corrected chi connectivity index (χ0v) is 18.0. The van der Waals surface area contributed by atoms with Crippen LogP contribution in [-0.2, 0) is 6.54 Å². The van der Waals surface area contributed by atoms with Crippen molar-refractivity contribution in [1.29, 1.82) is 0 Å². The van der Waals surface area contributed by atoms with Crippen LogP contribution in [0.15, 0.2) is 59.4 Å². The average molecular weight is 404 g/mol. The smallest absolute Gasteiger partial charge is 0.260 e. The van der Waals surface area contributed by atoms with Gasteiger partial charge in [0.25, 0.3) is 5.56 Å². The molecule has 0 unspecified atom stereocenters. The number of hydrogen-bond acceptors (Lipinski definition) is 4. The van der Waals surface area contributed by atoms with E-state index in [1.807, 2.05) is 18.2 Å². The van der Waals surface area contributed by atoms with E-state index in [1.165, 1.54) is 11.1 Å². The molecule has 148 valence electrons. The lowest BCUT2D eigenvalue weighted by Crippen LogP contribution is -2.24. The fraction of sp³-hybridized carbons (Fsp3) is 0.250. The highest BCUT2D eigenvalue weighted by molar-refractivity contribution is 7.19. The lowest BCUT2D eigenvalue weighted by molar-refractivity contribution is 0.247. The van der Waals surface area contributed by atoms with E-state index < -0.39 is 0 Å². The summed E-state index contributed by atoms with van der Waals surface area (Å²) in [4.78, 5) is 24.9. The van der Waals surface area contributed by atoms with Crippen LogP contribution in [0.5, 0.6) is 0 Å². The third-order valence-electron chi connectivity index (χ3n) is 5.47. The molecule has 0 aliphatic heterocycles. The maximum Gasteiger partial charge on any atom is 0.260 e. The van der Waals surface area contributed by atoms with E-state index in [4.69, 9.17) is 4.98 Å². The molecule has 5 heteroatoms. The van der Waals surface area contributed by atoms with Gasteiger partial charge in [0.05, 0.1) is 11.9 Å². The lowest BCUT2D eigenvalue weighted by atomic mass is 10.0. The van der Waals surface area contributed by atoms with Crippen LogP contribution < -0.4 is 5.56 Å². The van der Waals surface area contributed by atoms with Crippen LogP contribution >= 0.6 is 11.3 Å². The number of aromatic nitrogens is 2. The molecule has 0 radical (unpaired) electrons. The number of rotatable bonds is 5. The fourth-order valence-corrected chi connectivity index (χ4v) is 4.73. The second kappa shape index (κ2) is 7.93. The first-order valence-electron chi connectivity index (χ1n) is 9.78. The van der Waals surface area contributed by atoms with Crippen molar-refractivity contribution in [2.75, 3.05) is 7.05 Å². The Kier molecular flexibility index (Phi) is 5.35. The molecule has 2 aromatic heterocycles. The second-order valence-electron chi connectivity index (χ2n) is 7.59. The number of benzene rings is 2. The first-order valence-corrected chi connectivity index (χ1v) is 10.6. The summed E-state index contributed by atoms with van der Waals surface area (Å²) < 4.78 is 0. The van der Waals surface area contributed by atoms with Crippen LogP contribution in [-0.4, -0.2) is 21.9 Å². The lowest BCUT2D eigenvalue weighted by Gasteiger charge is -2.24. The second-order valence-corrected chi connectivity index (χ2v) is 8.80. The zero-order valence-electron chi connectivity index (χ0n) is 17.2. The maximum atomic E-state index is 13.0. The number of fused-ring (bicyclic) bond motifs is 1. The number of H-pyrrole nitrogens is 1. The Hall–Kier alpha value is -2.76. The number of aromatic amines is 1. The Morgan fingerprint density at radius 1 is 1.07 bits per heavy atom. The quantitative estimate of drug-likeness (QED) is 0.481. The molecule has 4 rings (SSSR count). The van der Waals surface area contributed by atoms with Crippen molar-refractivity contribution in [3.8, 4) is 11.1 Å². The highest BCUT2D eigenvalue weighted by Crippen LogP contribution is 2.35. The predicted molar refractivity (Wildman–Crippen MR) is 121 cm³/mol. The van der Waals surface area contributed by atoms with Crippen LogP contribution in [0.1, 0.15) is 34.8 Å². The normalized spacial score (nSPS) is 12.6. The minimum absolute atomic E-state index is 0.0642. The van der Waals surface area contributed by atoms with Gasteiger partial charge >= 0.3 is 0 Å². The van der Waals surface area contributed by atoms with Gasteiger partial charge in [0, 0.05) is 16.5 Å². The summed E-state index contributed by atoms with van der Waals surface area (Å²) in [6, 6.07) is 18.9. The van der Waals surface area contributed by atoms with Crippen LogP contribution in [0.4, 0.5) is 0 Å². The highest BCUT2D eigenvalue weighted by Gasteiger charge is 2.18. The Balaban J connectivity index is 1.68. The van der Waals surface area contributed by atoms with Crippen molar-refractivity contribution in [1.82, 2.24) is 14.9 Å². The molecule has 0 bridgehead atoms. The highest BCUT2D eigenvalue weighted by atomic mass is 32.1. The molecule has 2 heterocycles. The van der Waals surface area contributed by atoms with Gasteiger partial charge in [0.15, 0.2) is 0 Å². The van der Waals surface area contributed by atoms with Crippen molar-refractivity contribution < 1.29 is 0 Å². The first-order chi connectivity index (χ1) is 13.9. The van der Waals surface area contributed by atoms with Crippen LogP contribution in [0.25, 0.3) is 21.3 Å². The largest absolute Gasteiger partial charge is 0.309 e. The molecular weight excluding hydrogens is 378 g/mol. The van der Waals surface area contributed by atoms with E-state index in [-0.39, 0.29) is 11.6 Å². The van der Waals surface area contributed by atoms with Crippen molar-refractivity contribution in [2.45, 2.75) is 33.4 Å². The molecule has 0 aliphatic carbocycles. The van der Waals surface area contributed by atoms with Crippen molar-refractivity contribution in [3.63, 3.8) is 0 Å². The molecule has 0 spiro atoms. The van der Waals surface area contributed by atoms with E-state index >= 15 is 0 Å². The summed E-state index contributed by atoms with van der Waals surface area (Å²) in [5.41, 5.74) is 4.44. The van der Waals surface area contributed by atoms with Crippen molar-refractivity contribution in [2.24, 2.45) is 0 Å². The SMILES string of the molecule is Cc1ccc(-c2c(C)sc3nc(CN(C)[C@@H](C)c4ccccc4)[nH]c(=O)c23)cc1. The fourth-order valence-electron chi connectivity index (χ4n) is 3.67. The first kappa shape index (κ1) is 19.6.